The Balaban J connectivity index is 1.79. The van der Waals surface area contributed by atoms with E-state index in [1.165, 1.54) is 0 Å². The quantitative estimate of drug-likeness (QED) is 0.722. The van der Waals surface area contributed by atoms with Crippen LogP contribution in [-0.4, -0.2) is 40.9 Å². The number of morpholine rings is 1. The van der Waals surface area contributed by atoms with Gasteiger partial charge in [-0.2, -0.15) is 0 Å². The number of anilines is 1. The molecule has 4 rings (SSSR count). The summed E-state index contributed by atoms with van der Waals surface area (Å²) in [6, 6.07) is 14.3. The topological polar surface area (TPSA) is 42.7 Å². The molecule has 1 aliphatic heterocycles. The molecule has 21 heavy (non-hydrogen) atoms. The fourth-order valence-corrected chi connectivity index (χ4v) is 2.63. The predicted octanol–water partition coefficient (Wildman–Crippen LogP) is 2.23. The van der Waals surface area contributed by atoms with Crippen LogP contribution in [0.4, 0.5) is 5.82 Å². The number of imidazole rings is 1. The average molecular weight is 280 g/mol. The van der Waals surface area contributed by atoms with Crippen LogP contribution in [0.5, 0.6) is 0 Å². The van der Waals surface area contributed by atoms with Crippen LogP contribution < -0.4 is 4.90 Å². The molecule has 5 nitrogen and oxygen atoms in total. The first kappa shape index (κ1) is 12.3. The van der Waals surface area contributed by atoms with E-state index in [2.05, 4.69) is 22.0 Å². The molecule has 1 aliphatic rings. The van der Waals surface area contributed by atoms with Crippen molar-refractivity contribution in [2.24, 2.45) is 0 Å². The van der Waals surface area contributed by atoms with Gasteiger partial charge >= 0.3 is 0 Å². The highest BCUT2D eigenvalue weighted by atomic mass is 16.5. The first-order valence-corrected chi connectivity index (χ1v) is 7.15. The highest BCUT2D eigenvalue weighted by Crippen LogP contribution is 2.21. The van der Waals surface area contributed by atoms with Gasteiger partial charge in [0.15, 0.2) is 5.65 Å². The van der Waals surface area contributed by atoms with Gasteiger partial charge in [-0.1, -0.05) is 30.3 Å². The minimum absolute atomic E-state index is 0.759. The fraction of sp³-hybridized carbons (Fsp3) is 0.250. The summed E-state index contributed by atoms with van der Waals surface area (Å²) in [5.74, 6) is 0.973. The number of nitrogens with zero attached hydrogens (tertiary/aromatic N) is 4. The number of hydrogen-bond donors (Lipinski definition) is 0. The third-order valence-electron chi connectivity index (χ3n) is 3.75. The van der Waals surface area contributed by atoms with E-state index in [1.807, 2.05) is 41.0 Å². The van der Waals surface area contributed by atoms with Gasteiger partial charge in [0.25, 0.3) is 0 Å². The van der Waals surface area contributed by atoms with Crippen molar-refractivity contribution in [2.75, 3.05) is 31.2 Å². The molecule has 5 heteroatoms. The van der Waals surface area contributed by atoms with E-state index in [0.29, 0.717) is 0 Å². The van der Waals surface area contributed by atoms with Crippen molar-refractivity contribution in [3.63, 3.8) is 0 Å². The Morgan fingerprint density at radius 3 is 2.57 bits per heavy atom. The smallest absolute Gasteiger partial charge is 0.154 e. The maximum Gasteiger partial charge on any atom is 0.154 e. The second-order valence-corrected chi connectivity index (χ2v) is 5.07. The van der Waals surface area contributed by atoms with Gasteiger partial charge in [-0.05, 0) is 12.1 Å². The molecule has 0 amide bonds. The zero-order chi connectivity index (χ0) is 14.1. The van der Waals surface area contributed by atoms with E-state index in [9.17, 15) is 0 Å². The van der Waals surface area contributed by atoms with Crippen molar-refractivity contribution >= 4 is 11.5 Å². The molecular weight excluding hydrogens is 264 g/mol. The van der Waals surface area contributed by atoms with Crippen molar-refractivity contribution in [3.8, 4) is 11.3 Å². The average Bonchev–Trinajstić information content (AvgIpc) is 2.99. The molecule has 0 spiro atoms. The van der Waals surface area contributed by atoms with E-state index >= 15 is 0 Å². The first-order valence-electron chi connectivity index (χ1n) is 7.15. The Kier molecular flexibility index (Phi) is 3.05. The minimum Gasteiger partial charge on any atom is -0.378 e. The van der Waals surface area contributed by atoms with E-state index in [4.69, 9.17) is 9.84 Å². The van der Waals surface area contributed by atoms with Crippen LogP contribution in [-0.2, 0) is 4.74 Å². The van der Waals surface area contributed by atoms with Gasteiger partial charge in [-0.25, -0.2) is 9.50 Å². The highest BCUT2D eigenvalue weighted by Gasteiger charge is 2.14. The number of aromatic nitrogens is 3. The Morgan fingerprint density at radius 2 is 1.76 bits per heavy atom. The number of fused-ring (bicyclic) bond motifs is 1. The summed E-state index contributed by atoms with van der Waals surface area (Å²) < 4.78 is 7.31. The Labute approximate surface area is 122 Å². The summed E-state index contributed by atoms with van der Waals surface area (Å²) in [6.07, 6.45) is 1.88. The van der Waals surface area contributed by atoms with Gasteiger partial charge in [0.1, 0.15) is 5.82 Å². The van der Waals surface area contributed by atoms with E-state index in [1.54, 1.807) is 0 Å². The zero-order valence-electron chi connectivity index (χ0n) is 11.6. The van der Waals surface area contributed by atoms with Gasteiger partial charge in [0.2, 0.25) is 0 Å². The van der Waals surface area contributed by atoms with E-state index < -0.39 is 0 Å². The molecule has 0 aliphatic carbocycles. The number of benzene rings is 1. The lowest BCUT2D eigenvalue weighted by Gasteiger charge is -2.27. The van der Waals surface area contributed by atoms with Crippen molar-refractivity contribution in [3.05, 3.63) is 48.7 Å². The third kappa shape index (κ3) is 2.25. The highest BCUT2D eigenvalue weighted by molar-refractivity contribution is 5.63. The lowest BCUT2D eigenvalue weighted by atomic mass is 10.2. The zero-order valence-corrected chi connectivity index (χ0v) is 11.6. The van der Waals surface area contributed by atoms with Gasteiger partial charge < -0.3 is 9.64 Å². The molecule has 0 N–H and O–H groups in total. The molecule has 1 saturated heterocycles. The van der Waals surface area contributed by atoms with Gasteiger partial charge in [0, 0.05) is 18.7 Å². The van der Waals surface area contributed by atoms with Crippen molar-refractivity contribution in [1.82, 2.24) is 14.6 Å². The summed E-state index contributed by atoms with van der Waals surface area (Å²) in [5, 5.41) is 4.76. The molecule has 0 unspecified atom stereocenters. The lowest BCUT2D eigenvalue weighted by Crippen LogP contribution is -2.37. The predicted molar refractivity (Wildman–Crippen MR) is 81.5 cm³/mol. The molecular formula is C16H16N4O. The number of hydrogen-bond acceptors (Lipinski definition) is 4. The summed E-state index contributed by atoms with van der Waals surface area (Å²) in [7, 11) is 0. The van der Waals surface area contributed by atoms with Gasteiger partial charge in [-0.3, -0.25) is 0 Å². The molecule has 106 valence electrons. The maximum atomic E-state index is 5.40. The summed E-state index contributed by atoms with van der Waals surface area (Å²) >= 11 is 0. The fourth-order valence-electron chi connectivity index (χ4n) is 2.63. The molecule has 3 aromatic rings. The number of ether oxygens (including phenoxy) is 1. The molecule has 2 aromatic heterocycles. The van der Waals surface area contributed by atoms with Crippen LogP contribution in [0.15, 0.2) is 48.7 Å². The minimum atomic E-state index is 0.759. The Bertz CT molecular complexity index is 747. The maximum absolute atomic E-state index is 5.40. The van der Waals surface area contributed by atoms with Crippen molar-refractivity contribution in [1.29, 1.82) is 0 Å². The van der Waals surface area contributed by atoms with Crippen molar-refractivity contribution < 1.29 is 4.74 Å². The summed E-state index contributed by atoms with van der Waals surface area (Å²) in [5.41, 5.74) is 3.00. The number of rotatable bonds is 2. The summed E-state index contributed by atoms with van der Waals surface area (Å²) in [4.78, 5) is 6.69. The normalized spacial score (nSPS) is 15.5. The second-order valence-electron chi connectivity index (χ2n) is 5.07. The molecule has 1 aromatic carbocycles. The summed E-state index contributed by atoms with van der Waals surface area (Å²) in [6.45, 7) is 3.28. The standard InChI is InChI=1S/C16H16N4O/c1-2-4-13(5-3-1)14-12-17-15-6-7-16(18-20(14)15)19-8-10-21-11-9-19/h1-7,12H,8-11H2. The molecule has 1 fully saturated rings. The van der Waals surface area contributed by atoms with Crippen LogP contribution in [0.25, 0.3) is 16.9 Å². The lowest BCUT2D eigenvalue weighted by molar-refractivity contribution is 0.122. The monoisotopic (exact) mass is 280 g/mol. The largest absolute Gasteiger partial charge is 0.378 e. The Hall–Kier alpha value is -2.40. The van der Waals surface area contributed by atoms with Gasteiger partial charge in [-0.15, -0.1) is 5.10 Å². The van der Waals surface area contributed by atoms with Crippen LogP contribution in [0, 0.1) is 0 Å². The van der Waals surface area contributed by atoms with Gasteiger partial charge in [0.05, 0.1) is 25.1 Å². The molecule has 3 heterocycles. The molecule has 0 bridgehead atoms. The second kappa shape index (κ2) is 5.18. The van der Waals surface area contributed by atoms with Crippen LogP contribution in [0.1, 0.15) is 0 Å². The van der Waals surface area contributed by atoms with Crippen LogP contribution in [0.2, 0.25) is 0 Å². The van der Waals surface area contributed by atoms with E-state index in [0.717, 1.165) is 49.0 Å². The molecule has 0 saturated carbocycles. The molecule has 0 radical (unpaired) electrons. The molecule has 0 atom stereocenters. The Morgan fingerprint density at radius 1 is 0.952 bits per heavy atom. The first-order chi connectivity index (χ1) is 10.4. The van der Waals surface area contributed by atoms with E-state index in [-0.39, 0.29) is 0 Å². The van der Waals surface area contributed by atoms with Crippen LogP contribution >= 0.6 is 0 Å². The van der Waals surface area contributed by atoms with Crippen molar-refractivity contribution in [2.45, 2.75) is 0 Å². The SMILES string of the molecule is c1ccc(-c2cnc3ccc(N4CCOCC4)nn23)cc1. The third-order valence-corrected chi connectivity index (χ3v) is 3.75. The van der Waals surface area contributed by atoms with Crippen LogP contribution in [0.3, 0.4) is 0 Å².